The number of rotatable bonds is 51. The van der Waals surface area contributed by atoms with Gasteiger partial charge < -0.3 is 35.2 Å². The Kier molecular flexibility index (Phi) is 44.0. The fourth-order valence-corrected chi connectivity index (χ4v) is 10.2. The molecule has 13 heteroatoms. The van der Waals surface area contributed by atoms with Crippen LogP contribution in [0.1, 0.15) is 290 Å². The van der Waals surface area contributed by atoms with Crippen molar-refractivity contribution < 1.29 is 51.8 Å². The average Bonchev–Trinajstić information content (AvgIpc) is 3.31. The van der Waals surface area contributed by atoms with Crippen molar-refractivity contribution in [3.05, 3.63) is 0 Å². The lowest BCUT2D eigenvalue weighted by Crippen LogP contribution is -2.61. The van der Waals surface area contributed by atoms with E-state index in [0.717, 1.165) is 51.4 Å². The molecule has 1 fully saturated rings. The van der Waals surface area contributed by atoms with E-state index in [0.29, 0.717) is 12.8 Å². The predicted octanol–water partition coefficient (Wildman–Crippen LogP) is 13.3. The van der Waals surface area contributed by atoms with Gasteiger partial charge in [-0.2, -0.15) is 8.42 Å². The normalized spacial score (nSPS) is 19.7. The Morgan fingerprint density at radius 3 is 1.18 bits per heavy atom. The lowest BCUT2D eigenvalue weighted by molar-refractivity contribution is -0.298. The van der Waals surface area contributed by atoms with Crippen molar-refractivity contribution in [1.29, 1.82) is 0 Å². The molecule has 0 radical (unpaired) electrons. The first kappa shape index (κ1) is 65.1. The molecule has 68 heavy (non-hydrogen) atoms. The number of nitrogens with one attached hydrogen (secondary N) is 1. The molecular formula is C55H109NO11S. The largest absolute Gasteiger partial charge is 0.397 e. The number of hydrogen-bond acceptors (Lipinski definition) is 10. The SMILES string of the molecule is CCCCCCCCCCCCCCCCCCCCCCCCCCCCCCCC(=O)NC(COC1OC(CO)C(O)C(OS(=O)(=O)O)C1O)C(O)CCCCCCCCCCCCCC. The smallest absolute Gasteiger partial charge is 0.394 e. The number of carbonyl (C=O) groups is 1. The van der Waals surface area contributed by atoms with E-state index < -0.39 is 59.9 Å². The molecule has 6 N–H and O–H groups in total. The fraction of sp³-hybridized carbons (Fsp3) is 0.982. The first-order chi connectivity index (χ1) is 33.0. The molecule has 7 unspecified atom stereocenters. The van der Waals surface area contributed by atoms with Crippen molar-refractivity contribution in [3.63, 3.8) is 0 Å². The van der Waals surface area contributed by atoms with E-state index >= 15 is 0 Å². The minimum absolute atomic E-state index is 0.223. The molecule has 1 heterocycles. The maximum absolute atomic E-state index is 13.1. The van der Waals surface area contributed by atoms with Crippen molar-refractivity contribution in [3.8, 4) is 0 Å². The van der Waals surface area contributed by atoms with Gasteiger partial charge >= 0.3 is 10.4 Å². The average molecular weight is 993 g/mol. The van der Waals surface area contributed by atoms with Crippen LogP contribution in [0.15, 0.2) is 0 Å². The molecule has 1 saturated heterocycles. The van der Waals surface area contributed by atoms with Crippen LogP contribution in [0.3, 0.4) is 0 Å². The highest BCUT2D eigenvalue weighted by Gasteiger charge is 2.48. The van der Waals surface area contributed by atoms with Crippen LogP contribution in [0.2, 0.25) is 0 Å². The highest BCUT2D eigenvalue weighted by Crippen LogP contribution is 2.26. The quantitative estimate of drug-likeness (QED) is 0.0251. The molecule has 1 rings (SSSR count). The zero-order valence-corrected chi connectivity index (χ0v) is 44.8. The van der Waals surface area contributed by atoms with Gasteiger partial charge in [-0.3, -0.25) is 9.35 Å². The van der Waals surface area contributed by atoms with Gasteiger partial charge in [0, 0.05) is 6.42 Å². The van der Waals surface area contributed by atoms with Gasteiger partial charge in [0.15, 0.2) is 6.29 Å². The summed E-state index contributed by atoms with van der Waals surface area (Å²) in [5, 5.41) is 45.0. The van der Waals surface area contributed by atoms with Crippen LogP contribution in [-0.4, -0.2) is 95.4 Å². The molecule has 1 aliphatic heterocycles. The van der Waals surface area contributed by atoms with Crippen LogP contribution in [-0.2, 0) is 28.9 Å². The zero-order chi connectivity index (χ0) is 49.8. The summed E-state index contributed by atoms with van der Waals surface area (Å²) in [7, 11) is -5.07. The molecule has 7 atom stereocenters. The summed E-state index contributed by atoms with van der Waals surface area (Å²) in [5.74, 6) is -0.223. The number of ether oxygens (including phenoxy) is 2. The Morgan fingerprint density at radius 2 is 0.853 bits per heavy atom. The van der Waals surface area contributed by atoms with Crippen LogP contribution >= 0.6 is 0 Å². The van der Waals surface area contributed by atoms with Gasteiger partial charge in [0.05, 0.1) is 25.4 Å². The van der Waals surface area contributed by atoms with E-state index in [1.165, 1.54) is 212 Å². The van der Waals surface area contributed by atoms with Crippen molar-refractivity contribution in [1.82, 2.24) is 5.32 Å². The van der Waals surface area contributed by atoms with Crippen LogP contribution in [0, 0.1) is 0 Å². The van der Waals surface area contributed by atoms with E-state index in [1.807, 2.05) is 0 Å². The second-order valence-corrected chi connectivity index (χ2v) is 21.6. The Morgan fingerprint density at radius 1 is 0.529 bits per heavy atom. The molecule has 0 aromatic rings. The van der Waals surface area contributed by atoms with Gasteiger partial charge in [-0.05, 0) is 12.8 Å². The van der Waals surface area contributed by atoms with Crippen molar-refractivity contribution in [2.24, 2.45) is 0 Å². The first-order valence-electron chi connectivity index (χ1n) is 28.9. The number of unbranched alkanes of at least 4 members (excludes halogenated alkanes) is 39. The molecular weight excluding hydrogens is 883 g/mol. The van der Waals surface area contributed by atoms with Crippen LogP contribution in [0.25, 0.3) is 0 Å². The standard InChI is InChI=1S/C55H109NO11S/c1-3-5-7-9-11-13-15-17-18-19-20-21-22-23-24-25-26-27-28-29-30-31-32-33-35-37-39-41-43-45-51(59)56-48(49(58)44-42-40-38-36-34-16-14-12-10-8-6-4-2)47-65-55-53(61)54(67-68(62,63)64)52(60)50(46-57)66-55/h48-50,52-55,57-58,60-61H,3-47H2,1-2H3,(H,56,59)(H,62,63,64). The van der Waals surface area contributed by atoms with Crippen molar-refractivity contribution >= 4 is 16.3 Å². The Bertz CT molecular complexity index is 1210. The Labute approximate surface area is 418 Å². The number of hydrogen-bond donors (Lipinski definition) is 6. The van der Waals surface area contributed by atoms with E-state index in [2.05, 4.69) is 23.3 Å². The van der Waals surface area contributed by atoms with Gasteiger partial charge in [0.2, 0.25) is 5.91 Å². The molecule has 0 saturated carbocycles. The molecule has 0 aromatic carbocycles. The first-order valence-corrected chi connectivity index (χ1v) is 30.3. The predicted molar refractivity (Wildman–Crippen MR) is 278 cm³/mol. The third-order valence-corrected chi connectivity index (χ3v) is 14.6. The topological polar surface area (TPSA) is 192 Å². The van der Waals surface area contributed by atoms with Gasteiger partial charge in [-0.1, -0.05) is 271 Å². The monoisotopic (exact) mass is 992 g/mol. The highest BCUT2D eigenvalue weighted by atomic mass is 32.3. The van der Waals surface area contributed by atoms with E-state index in [-0.39, 0.29) is 12.5 Å². The molecule has 1 aliphatic rings. The summed E-state index contributed by atoms with van der Waals surface area (Å²) >= 11 is 0. The second kappa shape index (κ2) is 45.9. The fourth-order valence-electron chi connectivity index (χ4n) is 9.70. The second-order valence-electron chi connectivity index (χ2n) is 20.6. The minimum atomic E-state index is -5.07. The lowest BCUT2D eigenvalue weighted by atomic mass is 9.99. The van der Waals surface area contributed by atoms with Gasteiger partial charge in [-0.25, -0.2) is 4.18 Å². The van der Waals surface area contributed by atoms with Gasteiger partial charge in [0.1, 0.15) is 24.4 Å². The molecule has 1 amide bonds. The summed E-state index contributed by atoms with van der Waals surface area (Å²) < 4.78 is 47.8. The van der Waals surface area contributed by atoms with Crippen LogP contribution in [0.4, 0.5) is 0 Å². The molecule has 0 aromatic heterocycles. The molecule has 0 bridgehead atoms. The number of amides is 1. The third kappa shape index (κ3) is 37.8. The third-order valence-electron chi connectivity index (χ3n) is 14.2. The Balaban J connectivity index is 2.23. The lowest BCUT2D eigenvalue weighted by Gasteiger charge is -2.41. The number of aliphatic hydroxyl groups excluding tert-OH is 4. The molecule has 406 valence electrons. The van der Waals surface area contributed by atoms with Gasteiger partial charge in [0.25, 0.3) is 0 Å². The highest BCUT2D eigenvalue weighted by molar-refractivity contribution is 7.80. The summed E-state index contributed by atoms with van der Waals surface area (Å²) in [6.45, 7) is 3.48. The summed E-state index contributed by atoms with van der Waals surface area (Å²) in [5.41, 5.74) is 0. The summed E-state index contributed by atoms with van der Waals surface area (Å²) in [4.78, 5) is 13.1. The van der Waals surface area contributed by atoms with E-state index in [1.54, 1.807) is 0 Å². The molecule has 0 spiro atoms. The maximum atomic E-state index is 13.1. The van der Waals surface area contributed by atoms with E-state index in [4.69, 9.17) is 9.47 Å². The maximum Gasteiger partial charge on any atom is 0.397 e. The van der Waals surface area contributed by atoms with E-state index in [9.17, 15) is 38.2 Å². The Hall–Kier alpha value is -0.900. The van der Waals surface area contributed by atoms with Gasteiger partial charge in [-0.15, -0.1) is 0 Å². The number of carbonyl (C=O) groups excluding carboxylic acids is 1. The van der Waals surface area contributed by atoms with Crippen molar-refractivity contribution in [2.75, 3.05) is 13.2 Å². The summed E-state index contributed by atoms with van der Waals surface area (Å²) in [6.07, 6.45) is 44.2. The van der Waals surface area contributed by atoms with Crippen LogP contribution < -0.4 is 5.32 Å². The number of aliphatic hydroxyl groups is 4. The molecule has 12 nitrogen and oxygen atoms in total. The van der Waals surface area contributed by atoms with Crippen molar-refractivity contribution in [2.45, 2.75) is 333 Å². The zero-order valence-electron chi connectivity index (χ0n) is 44.0. The minimum Gasteiger partial charge on any atom is -0.394 e. The summed E-state index contributed by atoms with van der Waals surface area (Å²) in [6, 6.07) is -0.852. The van der Waals surface area contributed by atoms with Crippen LogP contribution in [0.5, 0.6) is 0 Å². The molecule has 0 aliphatic carbocycles.